The molecule has 0 amide bonds. The third-order valence-corrected chi connectivity index (χ3v) is 3.64. The summed E-state index contributed by atoms with van der Waals surface area (Å²) < 4.78 is 20.8. The van der Waals surface area contributed by atoms with Crippen LogP contribution in [0.15, 0.2) is 12.3 Å². The van der Waals surface area contributed by atoms with Crippen molar-refractivity contribution in [2.24, 2.45) is 0 Å². The number of H-pyrrole nitrogens is 1. The van der Waals surface area contributed by atoms with E-state index < -0.39 is 30.4 Å². The molecule has 2 heterocycles. The fraction of sp³-hybridized carbons (Fsp3) is 0.600. The molecule has 0 aliphatic carbocycles. The smallest absolute Gasteiger partial charge is 0.263 e. The van der Waals surface area contributed by atoms with Gasteiger partial charge in [0.05, 0.1) is 0 Å². The van der Waals surface area contributed by atoms with Crippen LogP contribution in [-0.4, -0.2) is 49.0 Å². The summed E-state index contributed by atoms with van der Waals surface area (Å²) in [5.74, 6) is -2.75. The average Bonchev–Trinajstić information content (AvgIpc) is 2.51. The number of aromatic nitrogens is 2. The summed E-state index contributed by atoms with van der Waals surface area (Å²) >= 11 is 9.89. The van der Waals surface area contributed by atoms with Gasteiger partial charge in [0.15, 0.2) is 11.0 Å². The fourth-order valence-corrected chi connectivity index (χ4v) is 2.50. The second kappa shape index (κ2) is 4.69. The van der Waals surface area contributed by atoms with Crippen molar-refractivity contribution in [3.63, 3.8) is 0 Å². The molecule has 106 valence electrons. The second-order valence-electron chi connectivity index (χ2n) is 4.56. The van der Waals surface area contributed by atoms with Crippen LogP contribution in [0.25, 0.3) is 0 Å². The standard InChI is InChI=1S/C10H13FN2O4S2/c1-9(16)6(15)10(11,4-14)17-7(9)13-3-2-5(18)12-8(13)19/h2-3,6-7,14-16H,4H2,1H3,(H,12,18,19). The molecule has 1 aliphatic heterocycles. The van der Waals surface area contributed by atoms with Crippen LogP contribution in [0.1, 0.15) is 13.2 Å². The molecule has 1 fully saturated rings. The van der Waals surface area contributed by atoms with E-state index in [-0.39, 0.29) is 4.77 Å². The SMILES string of the molecule is CC1(O)C(n2ccc(=S)[nH]c2=S)OC(F)(CO)C1O. The minimum absolute atomic E-state index is 0.104. The first kappa shape index (κ1) is 14.7. The minimum Gasteiger partial charge on any atom is -0.390 e. The number of aromatic amines is 1. The number of rotatable bonds is 2. The van der Waals surface area contributed by atoms with Gasteiger partial charge >= 0.3 is 0 Å². The van der Waals surface area contributed by atoms with E-state index in [0.717, 1.165) is 0 Å². The maximum atomic E-state index is 14.1. The Hall–Kier alpha value is -0.710. The number of hydrogen-bond acceptors (Lipinski definition) is 6. The van der Waals surface area contributed by atoms with Gasteiger partial charge in [0.1, 0.15) is 23.0 Å². The van der Waals surface area contributed by atoms with E-state index in [1.807, 2.05) is 0 Å². The Morgan fingerprint density at radius 1 is 1.58 bits per heavy atom. The molecule has 0 aromatic carbocycles. The van der Waals surface area contributed by atoms with Crippen LogP contribution in [0.2, 0.25) is 0 Å². The molecule has 1 aliphatic rings. The van der Waals surface area contributed by atoms with E-state index in [1.165, 1.54) is 23.8 Å². The Kier molecular flexibility index (Phi) is 3.62. The normalized spacial score (nSPS) is 38.6. The number of halogens is 1. The summed E-state index contributed by atoms with van der Waals surface area (Å²) in [6, 6.07) is 1.48. The zero-order chi connectivity index (χ0) is 14.4. The van der Waals surface area contributed by atoms with Crippen LogP contribution in [0.4, 0.5) is 4.39 Å². The maximum absolute atomic E-state index is 14.1. The molecule has 0 radical (unpaired) electrons. The molecule has 6 nitrogen and oxygen atoms in total. The first-order valence-corrected chi connectivity index (χ1v) is 6.23. The molecule has 0 saturated carbocycles. The van der Waals surface area contributed by atoms with Crippen molar-refractivity contribution in [1.29, 1.82) is 0 Å². The molecule has 2 rings (SSSR count). The van der Waals surface area contributed by atoms with E-state index >= 15 is 0 Å². The average molecular weight is 308 g/mol. The highest BCUT2D eigenvalue weighted by molar-refractivity contribution is 7.72. The number of hydrogen-bond donors (Lipinski definition) is 4. The Labute approximate surface area is 118 Å². The molecule has 0 spiro atoms. The number of aliphatic hydroxyl groups excluding tert-OH is 2. The zero-order valence-electron chi connectivity index (χ0n) is 9.91. The molecule has 1 saturated heterocycles. The van der Waals surface area contributed by atoms with Gasteiger partial charge in [-0.05, 0) is 25.2 Å². The topological polar surface area (TPSA) is 90.6 Å². The Bertz CT molecular complexity index is 602. The zero-order valence-corrected chi connectivity index (χ0v) is 11.5. The second-order valence-corrected chi connectivity index (χ2v) is 5.39. The molecule has 9 heteroatoms. The molecule has 4 N–H and O–H groups in total. The number of alkyl halides is 1. The first-order valence-electron chi connectivity index (χ1n) is 5.42. The minimum atomic E-state index is -2.75. The Balaban J connectivity index is 2.51. The van der Waals surface area contributed by atoms with Gasteiger partial charge in [-0.25, -0.2) is 4.39 Å². The van der Waals surface area contributed by atoms with E-state index in [2.05, 4.69) is 4.98 Å². The summed E-state index contributed by atoms with van der Waals surface area (Å²) in [5.41, 5.74) is -1.97. The maximum Gasteiger partial charge on any atom is 0.263 e. The predicted molar refractivity (Wildman–Crippen MR) is 68.1 cm³/mol. The van der Waals surface area contributed by atoms with Crippen molar-refractivity contribution in [2.45, 2.75) is 30.7 Å². The van der Waals surface area contributed by atoms with Crippen molar-refractivity contribution in [1.82, 2.24) is 9.55 Å². The molecule has 19 heavy (non-hydrogen) atoms. The lowest BCUT2D eigenvalue weighted by Crippen LogP contribution is -2.48. The monoisotopic (exact) mass is 308 g/mol. The van der Waals surface area contributed by atoms with E-state index in [1.54, 1.807) is 0 Å². The van der Waals surface area contributed by atoms with E-state index in [4.69, 9.17) is 34.3 Å². The number of nitrogens with zero attached hydrogens (tertiary/aromatic N) is 1. The van der Waals surface area contributed by atoms with Gasteiger partial charge in [-0.2, -0.15) is 0 Å². The van der Waals surface area contributed by atoms with Crippen molar-refractivity contribution < 1.29 is 24.4 Å². The highest BCUT2D eigenvalue weighted by Crippen LogP contribution is 2.44. The van der Waals surface area contributed by atoms with Crippen LogP contribution in [0.5, 0.6) is 0 Å². The third-order valence-electron chi connectivity index (χ3n) is 3.09. The highest BCUT2D eigenvalue weighted by Gasteiger charge is 2.62. The fourth-order valence-electron chi connectivity index (χ4n) is 2.01. The van der Waals surface area contributed by atoms with Crippen LogP contribution < -0.4 is 0 Å². The summed E-state index contributed by atoms with van der Waals surface area (Å²) in [6.07, 6.45) is -1.80. The first-order chi connectivity index (χ1) is 8.72. The van der Waals surface area contributed by atoms with Crippen LogP contribution >= 0.6 is 24.4 Å². The summed E-state index contributed by atoms with van der Waals surface area (Å²) in [4.78, 5) is 2.65. The highest BCUT2D eigenvalue weighted by atomic mass is 32.1. The summed E-state index contributed by atoms with van der Waals surface area (Å²) in [7, 11) is 0. The Morgan fingerprint density at radius 3 is 2.68 bits per heavy atom. The van der Waals surface area contributed by atoms with Gasteiger partial charge in [0.2, 0.25) is 0 Å². The predicted octanol–water partition coefficient (Wildman–Crippen LogP) is 0.574. The number of nitrogens with one attached hydrogen (secondary N) is 1. The largest absolute Gasteiger partial charge is 0.390 e. The van der Waals surface area contributed by atoms with Gasteiger partial charge in [-0.15, -0.1) is 0 Å². The van der Waals surface area contributed by atoms with E-state index in [9.17, 15) is 14.6 Å². The van der Waals surface area contributed by atoms with Crippen LogP contribution in [0.3, 0.4) is 0 Å². The van der Waals surface area contributed by atoms with E-state index in [0.29, 0.717) is 4.64 Å². The Morgan fingerprint density at radius 2 is 2.21 bits per heavy atom. The lowest BCUT2D eigenvalue weighted by atomic mass is 9.95. The molecule has 1 aromatic heterocycles. The summed E-state index contributed by atoms with van der Waals surface area (Å²) in [5, 5.41) is 28.9. The van der Waals surface area contributed by atoms with Crippen LogP contribution in [-0.2, 0) is 4.74 Å². The van der Waals surface area contributed by atoms with Crippen molar-refractivity contribution in [3.05, 3.63) is 21.7 Å². The van der Waals surface area contributed by atoms with Crippen molar-refractivity contribution >= 4 is 24.4 Å². The van der Waals surface area contributed by atoms with Crippen molar-refractivity contribution in [2.75, 3.05) is 6.61 Å². The van der Waals surface area contributed by atoms with Gasteiger partial charge in [0, 0.05) is 6.20 Å². The van der Waals surface area contributed by atoms with Crippen LogP contribution in [0, 0.1) is 9.41 Å². The molecule has 4 unspecified atom stereocenters. The number of ether oxygens (including phenoxy) is 1. The van der Waals surface area contributed by atoms with Gasteiger partial charge in [-0.3, -0.25) is 4.57 Å². The quantitative estimate of drug-likeness (QED) is 0.597. The molecular formula is C10H13FN2O4S2. The van der Waals surface area contributed by atoms with Crippen molar-refractivity contribution in [3.8, 4) is 0 Å². The van der Waals surface area contributed by atoms with Gasteiger partial charge in [0.25, 0.3) is 5.85 Å². The van der Waals surface area contributed by atoms with Gasteiger partial charge in [-0.1, -0.05) is 12.2 Å². The molecular weight excluding hydrogens is 295 g/mol. The third kappa shape index (κ3) is 2.26. The number of aliphatic hydroxyl groups is 3. The lowest BCUT2D eigenvalue weighted by Gasteiger charge is -2.27. The lowest BCUT2D eigenvalue weighted by molar-refractivity contribution is -0.207. The molecule has 1 aromatic rings. The molecule has 4 atom stereocenters. The van der Waals surface area contributed by atoms with Gasteiger partial charge < -0.3 is 25.0 Å². The summed E-state index contributed by atoms with van der Waals surface area (Å²) in [6.45, 7) is 0.111. The molecule has 0 bridgehead atoms.